The zero-order valence-electron chi connectivity index (χ0n) is 12.0. The average Bonchev–Trinajstić information content (AvgIpc) is 2.21. The van der Waals surface area contributed by atoms with E-state index in [0.29, 0.717) is 12.1 Å². The third-order valence-electron chi connectivity index (χ3n) is 3.87. The summed E-state index contributed by atoms with van der Waals surface area (Å²) in [5, 5.41) is 0. The van der Waals surface area contributed by atoms with Gasteiger partial charge in [0.25, 0.3) is 0 Å². The van der Waals surface area contributed by atoms with Crippen molar-refractivity contribution in [2.24, 2.45) is 11.1 Å². The summed E-state index contributed by atoms with van der Waals surface area (Å²) >= 11 is 0. The van der Waals surface area contributed by atoms with Crippen molar-refractivity contribution in [3.63, 3.8) is 0 Å². The van der Waals surface area contributed by atoms with Gasteiger partial charge in [-0.2, -0.15) is 0 Å². The van der Waals surface area contributed by atoms with E-state index in [1.54, 1.807) is 0 Å². The molecule has 0 aromatic heterocycles. The standard InChI is InChI=1S/C13H27N3O/c1-9-7-16(8-10(2)15(9)6)12(17)11(14)13(3,4)5/h9-11H,7-8,14H2,1-6H3/t9?,10?,11-/m1/s1. The van der Waals surface area contributed by atoms with E-state index in [2.05, 4.69) is 25.8 Å². The average molecular weight is 241 g/mol. The summed E-state index contributed by atoms with van der Waals surface area (Å²) in [6, 6.07) is 0.384. The van der Waals surface area contributed by atoms with Crippen molar-refractivity contribution in [3.05, 3.63) is 0 Å². The first-order valence-corrected chi connectivity index (χ1v) is 6.41. The van der Waals surface area contributed by atoms with Crippen LogP contribution in [0.3, 0.4) is 0 Å². The molecule has 0 radical (unpaired) electrons. The summed E-state index contributed by atoms with van der Waals surface area (Å²) in [6.07, 6.45) is 0. The molecule has 0 bridgehead atoms. The number of carbonyl (C=O) groups excluding carboxylic acids is 1. The van der Waals surface area contributed by atoms with Gasteiger partial charge < -0.3 is 10.6 Å². The molecule has 1 aliphatic rings. The Morgan fingerprint density at radius 3 is 2.00 bits per heavy atom. The Hall–Kier alpha value is -0.610. The molecule has 2 unspecified atom stereocenters. The lowest BCUT2D eigenvalue weighted by Gasteiger charge is -2.44. The summed E-state index contributed by atoms with van der Waals surface area (Å²) in [5.74, 6) is 0.0873. The molecule has 17 heavy (non-hydrogen) atoms. The van der Waals surface area contributed by atoms with Gasteiger partial charge in [0.2, 0.25) is 5.91 Å². The number of hydrogen-bond donors (Lipinski definition) is 1. The van der Waals surface area contributed by atoms with Gasteiger partial charge in [0.05, 0.1) is 6.04 Å². The second kappa shape index (κ2) is 4.94. The van der Waals surface area contributed by atoms with Crippen molar-refractivity contribution in [2.45, 2.75) is 52.7 Å². The van der Waals surface area contributed by atoms with Crippen LogP contribution in [0.4, 0.5) is 0 Å². The van der Waals surface area contributed by atoms with Gasteiger partial charge in [-0.1, -0.05) is 20.8 Å². The van der Waals surface area contributed by atoms with Gasteiger partial charge in [0, 0.05) is 25.2 Å². The first kappa shape index (κ1) is 14.5. The molecule has 0 saturated carbocycles. The van der Waals surface area contributed by atoms with Crippen LogP contribution in [0, 0.1) is 5.41 Å². The van der Waals surface area contributed by atoms with E-state index in [9.17, 15) is 4.79 Å². The first-order valence-electron chi connectivity index (χ1n) is 6.41. The predicted octanol–water partition coefficient (Wildman–Crippen LogP) is 0.911. The molecule has 0 aromatic rings. The maximum atomic E-state index is 12.3. The van der Waals surface area contributed by atoms with Crippen LogP contribution >= 0.6 is 0 Å². The van der Waals surface area contributed by atoms with Crippen molar-refractivity contribution in [1.82, 2.24) is 9.80 Å². The van der Waals surface area contributed by atoms with Crippen LogP contribution in [0.15, 0.2) is 0 Å². The lowest BCUT2D eigenvalue weighted by molar-refractivity contribution is -0.138. The number of nitrogens with two attached hydrogens (primary N) is 1. The normalized spacial score (nSPS) is 29.2. The van der Waals surface area contributed by atoms with Crippen LogP contribution in [-0.4, -0.2) is 54.0 Å². The van der Waals surface area contributed by atoms with Crippen molar-refractivity contribution in [2.75, 3.05) is 20.1 Å². The lowest BCUT2D eigenvalue weighted by atomic mass is 9.86. The van der Waals surface area contributed by atoms with Crippen LogP contribution in [-0.2, 0) is 4.79 Å². The number of rotatable bonds is 1. The van der Waals surface area contributed by atoms with E-state index >= 15 is 0 Å². The summed E-state index contributed by atoms with van der Waals surface area (Å²) in [5.41, 5.74) is 5.87. The van der Waals surface area contributed by atoms with Gasteiger partial charge in [-0.25, -0.2) is 0 Å². The van der Waals surface area contributed by atoms with Gasteiger partial charge >= 0.3 is 0 Å². The molecule has 1 fully saturated rings. The highest BCUT2D eigenvalue weighted by atomic mass is 16.2. The van der Waals surface area contributed by atoms with Gasteiger partial charge in [0.15, 0.2) is 0 Å². The molecule has 4 nitrogen and oxygen atoms in total. The highest BCUT2D eigenvalue weighted by molar-refractivity contribution is 5.82. The molecule has 0 spiro atoms. The Morgan fingerprint density at radius 1 is 1.24 bits per heavy atom. The summed E-state index contributed by atoms with van der Waals surface area (Å²) in [7, 11) is 2.11. The molecular formula is C13H27N3O. The van der Waals surface area contributed by atoms with Gasteiger partial charge in [-0.05, 0) is 26.3 Å². The molecule has 1 amide bonds. The number of piperazine rings is 1. The molecule has 0 aromatic carbocycles. The van der Waals surface area contributed by atoms with Gasteiger partial charge in [-0.3, -0.25) is 9.69 Å². The molecule has 1 heterocycles. The van der Waals surface area contributed by atoms with Crippen LogP contribution in [0.2, 0.25) is 0 Å². The third-order valence-corrected chi connectivity index (χ3v) is 3.87. The van der Waals surface area contributed by atoms with Crippen LogP contribution in [0.1, 0.15) is 34.6 Å². The van der Waals surface area contributed by atoms with Gasteiger partial charge in [0.1, 0.15) is 0 Å². The van der Waals surface area contributed by atoms with E-state index < -0.39 is 6.04 Å². The Balaban J connectivity index is 2.72. The maximum Gasteiger partial charge on any atom is 0.240 e. The number of carbonyl (C=O) groups is 1. The summed E-state index contributed by atoms with van der Waals surface area (Å²) in [4.78, 5) is 16.6. The predicted molar refractivity (Wildman–Crippen MR) is 70.7 cm³/mol. The molecular weight excluding hydrogens is 214 g/mol. The van der Waals surface area contributed by atoms with E-state index in [4.69, 9.17) is 5.73 Å². The van der Waals surface area contributed by atoms with E-state index in [-0.39, 0.29) is 11.3 Å². The monoisotopic (exact) mass is 241 g/mol. The van der Waals surface area contributed by atoms with E-state index in [1.807, 2.05) is 25.7 Å². The quantitative estimate of drug-likeness (QED) is 0.742. The minimum atomic E-state index is -0.412. The SMILES string of the molecule is CC1CN(C(=O)[C@@H](N)C(C)(C)C)CC(C)N1C. The molecule has 3 atom stereocenters. The molecule has 1 aliphatic heterocycles. The number of likely N-dealkylation sites (N-methyl/N-ethyl adjacent to an activating group) is 1. The highest BCUT2D eigenvalue weighted by Crippen LogP contribution is 2.21. The zero-order valence-corrected chi connectivity index (χ0v) is 12.0. The Labute approximate surface area is 105 Å². The lowest BCUT2D eigenvalue weighted by Crippen LogP contribution is -2.60. The topological polar surface area (TPSA) is 49.6 Å². The maximum absolute atomic E-state index is 12.3. The van der Waals surface area contributed by atoms with Gasteiger partial charge in [-0.15, -0.1) is 0 Å². The molecule has 1 saturated heterocycles. The smallest absolute Gasteiger partial charge is 0.240 e. The van der Waals surface area contributed by atoms with Crippen LogP contribution in [0.5, 0.6) is 0 Å². The second-order valence-corrected chi connectivity index (χ2v) is 6.45. The van der Waals surface area contributed by atoms with Crippen molar-refractivity contribution in [3.8, 4) is 0 Å². The number of nitrogens with zero attached hydrogens (tertiary/aromatic N) is 2. The molecule has 0 aliphatic carbocycles. The fourth-order valence-corrected chi connectivity index (χ4v) is 2.15. The first-order chi connectivity index (χ1) is 7.64. The molecule has 1 rings (SSSR count). The second-order valence-electron chi connectivity index (χ2n) is 6.45. The largest absolute Gasteiger partial charge is 0.338 e. The van der Waals surface area contributed by atoms with Crippen LogP contribution in [0.25, 0.3) is 0 Å². The Bertz CT molecular complexity index is 273. The molecule has 2 N–H and O–H groups in total. The third kappa shape index (κ3) is 3.19. The summed E-state index contributed by atoms with van der Waals surface area (Å²) in [6.45, 7) is 11.9. The van der Waals surface area contributed by atoms with Crippen molar-refractivity contribution < 1.29 is 4.79 Å². The van der Waals surface area contributed by atoms with Crippen molar-refractivity contribution in [1.29, 1.82) is 0 Å². The Morgan fingerprint density at radius 2 is 1.65 bits per heavy atom. The van der Waals surface area contributed by atoms with Crippen LogP contribution < -0.4 is 5.73 Å². The minimum Gasteiger partial charge on any atom is -0.338 e. The van der Waals surface area contributed by atoms with E-state index in [1.165, 1.54) is 0 Å². The fraction of sp³-hybridized carbons (Fsp3) is 0.923. The number of amides is 1. The number of hydrogen-bond acceptors (Lipinski definition) is 3. The highest BCUT2D eigenvalue weighted by Gasteiger charge is 2.35. The van der Waals surface area contributed by atoms with Crippen molar-refractivity contribution >= 4 is 5.91 Å². The Kier molecular flexibility index (Phi) is 4.20. The zero-order chi connectivity index (χ0) is 13.4. The fourth-order valence-electron chi connectivity index (χ4n) is 2.15. The molecule has 100 valence electrons. The summed E-state index contributed by atoms with van der Waals surface area (Å²) < 4.78 is 0. The molecule has 4 heteroatoms. The van der Waals surface area contributed by atoms with E-state index in [0.717, 1.165) is 13.1 Å². The minimum absolute atomic E-state index is 0.0873.